The molecule has 1 N–H and O–H groups in total. The van der Waals surface area contributed by atoms with Gasteiger partial charge in [-0.15, -0.1) is 0 Å². The Morgan fingerprint density at radius 1 is 0.933 bits per heavy atom. The average Bonchev–Trinajstić information content (AvgIpc) is 2.98. The number of benzene rings is 3. The molecule has 0 saturated heterocycles. The summed E-state index contributed by atoms with van der Waals surface area (Å²) in [5, 5.41) is 3.10. The molecule has 1 atom stereocenters. The van der Waals surface area contributed by atoms with Gasteiger partial charge in [0, 0.05) is 24.0 Å². The van der Waals surface area contributed by atoms with Crippen molar-refractivity contribution in [1.82, 2.24) is 10.2 Å². The van der Waals surface area contributed by atoms with Crippen molar-refractivity contribution in [3.05, 3.63) is 99.5 Å². The van der Waals surface area contributed by atoms with Crippen molar-refractivity contribution in [3.63, 3.8) is 0 Å². The van der Waals surface area contributed by atoms with Gasteiger partial charge in [-0.1, -0.05) is 91.0 Å². The molecular formula is C32H34Cl2F3N3O4S. The number of amides is 2. The van der Waals surface area contributed by atoms with E-state index in [2.05, 4.69) is 5.32 Å². The van der Waals surface area contributed by atoms with E-state index in [9.17, 15) is 31.2 Å². The fourth-order valence-electron chi connectivity index (χ4n) is 5.38. The summed E-state index contributed by atoms with van der Waals surface area (Å²) in [6.45, 7) is -1.08. The number of sulfonamides is 1. The molecule has 2 amide bonds. The Bertz CT molecular complexity index is 1600. The lowest BCUT2D eigenvalue weighted by atomic mass is 9.94. The van der Waals surface area contributed by atoms with Gasteiger partial charge in [0.1, 0.15) is 12.6 Å². The molecule has 45 heavy (non-hydrogen) atoms. The number of anilines is 1. The first kappa shape index (κ1) is 34.6. The Morgan fingerprint density at radius 3 is 2.20 bits per heavy atom. The van der Waals surface area contributed by atoms with Crippen molar-refractivity contribution in [3.8, 4) is 0 Å². The molecule has 1 saturated carbocycles. The molecule has 4 rings (SSSR count). The SMILES string of the molecule is CS(=O)(=O)N(CC(=O)N(Cc1ccccc1Cl)[C@@H](Cc1ccccc1)C(=O)NC1CCCCC1)c1cc(C(F)(F)F)ccc1Cl. The van der Waals surface area contributed by atoms with E-state index >= 15 is 0 Å². The number of halogens is 5. The van der Waals surface area contributed by atoms with E-state index < -0.39 is 51.9 Å². The maximum Gasteiger partial charge on any atom is 0.416 e. The van der Waals surface area contributed by atoms with Crippen molar-refractivity contribution < 1.29 is 31.2 Å². The highest BCUT2D eigenvalue weighted by Gasteiger charge is 2.36. The van der Waals surface area contributed by atoms with Crippen molar-refractivity contribution in [2.24, 2.45) is 0 Å². The molecule has 3 aromatic rings. The second-order valence-electron chi connectivity index (χ2n) is 11.1. The molecule has 0 aliphatic heterocycles. The minimum absolute atomic E-state index is 0.0850. The molecule has 0 unspecified atom stereocenters. The van der Waals surface area contributed by atoms with Gasteiger partial charge in [0.05, 0.1) is 22.5 Å². The van der Waals surface area contributed by atoms with Gasteiger partial charge in [0.25, 0.3) is 0 Å². The highest BCUT2D eigenvalue weighted by molar-refractivity contribution is 7.92. The van der Waals surface area contributed by atoms with Crippen LogP contribution in [0, 0.1) is 0 Å². The molecule has 3 aromatic carbocycles. The predicted molar refractivity (Wildman–Crippen MR) is 170 cm³/mol. The van der Waals surface area contributed by atoms with E-state index in [0.29, 0.717) is 21.0 Å². The lowest BCUT2D eigenvalue weighted by molar-refractivity contribution is -0.140. The van der Waals surface area contributed by atoms with Gasteiger partial charge in [-0.25, -0.2) is 8.42 Å². The number of hydrogen-bond donors (Lipinski definition) is 1. The Hall–Kier alpha value is -3.28. The molecule has 1 aliphatic carbocycles. The van der Waals surface area contributed by atoms with Crippen molar-refractivity contribution in [2.45, 2.75) is 63.3 Å². The highest BCUT2D eigenvalue weighted by atomic mass is 35.5. The zero-order valence-corrected chi connectivity index (χ0v) is 26.9. The van der Waals surface area contributed by atoms with Gasteiger partial charge in [-0.3, -0.25) is 13.9 Å². The summed E-state index contributed by atoms with van der Waals surface area (Å²) in [5.74, 6) is -1.25. The maximum absolute atomic E-state index is 14.2. The largest absolute Gasteiger partial charge is 0.416 e. The molecule has 13 heteroatoms. The van der Waals surface area contributed by atoms with E-state index in [0.717, 1.165) is 56.1 Å². The van der Waals surface area contributed by atoms with Crippen LogP contribution in [0.15, 0.2) is 72.8 Å². The molecule has 0 bridgehead atoms. The number of rotatable bonds is 11. The van der Waals surface area contributed by atoms with Crippen molar-refractivity contribution in [1.29, 1.82) is 0 Å². The molecule has 1 aliphatic rings. The van der Waals surface area contributed by atoms with Crippen molar-refractivity contribution >= 4 is 50.7 Å². The van der Waals surface area contributed by atoms with Gasteiger partial charge in [-0.2, -0.15) is 13.2 Å². The number of alkyl halides is 3. The number of carbonyl (C=O) groups is 2. The number of carbonyl (C=O) groups excluding carboxylic acids is 2. The van der Waals surface area contributed by atoms with Gasteiger partial charge in [0.15, 0.2) is 0 Å². The fourth-order valence-corrected chi connectivity index (χ4v) is 6.70. The summed E-state index contributed by atoms with van der Waals surface area (Å²) < 4.78 is 67.3. The minimum atomic E-state index is -4.79. The third-order valence-corrected chi connectivity index (χ3v) is 9.56. The number of hydrogen-bond acceptors (Lipinski definition) is 4. The van der Waals surface area contributed by atoms with E-state index in [-0.39, 0.29) is 24.0 Å². The van der Waals surface area contributed by atoms with E-state index in [1.807, 2.05) is 18.2 Å². The molecule has 242 valence electrons. The number of nitrogens with one attached hydrogen (secondary N) is 1. The third kappa shape index (κ3) is 9.37. The summed E-state index contributed by atoms with van der Waals surface area (Å²) in [5.41, 5.74) is -0.394. The molecule has 0 heterocycles. The summed E-state index contributed by atoms with van der Waals surface area (Å²) >= 11 is 12.7. The zero-order valence-electron chi connectivity index (χ0n) is 24.6. The molecule has 1 fully saturated rings. The zero-order chi connectivity index (χ0) is 32.8. The Labute approximate surface area is 271 Å². The van der Waals surface area contributed by atoms with Gasteiger partial charge >= 0.3 is 6.18 Å². The van der Waals surface area contributed by atoms with Crippen LogP contribution < -0.4 is 9.62 Å². The average molecular weight is 685 g/mol. The predicted octanol–water partition coefficient (Wildman–Crippen LogP) is 6.87. The summed E-state index contributed by atoms with van der Waals surface area (Å²) in [7, 11) is -4.33. The first-order chi connectivity index (χ1) is 21.2. The maximum atomic E-state index is 14.2. The fraction of sp³-hybridized carbons (Fsp3) is 0.375. The normalized spacial score (nSPS) is 14.9. The van der Waals surface area contributed by atoms with Crippen LogP contribution >= 0.6 is 23.2 Å². The van der Waals surface area contributed by atoms with Crippen LogP contribution in [0.4, 0.5) is 18.9 Å². The van der Waals surface area contributed by atoms with Gasteiger partial charge in [0.2, 0.25) is 21.8 Å². The van der Waals surface area contributed by atoms with Crippen LogP contribution in [0.1, 0.15) is 48.8 Å². The smallest absolute Gasteiger partial charge is 0.352 e. The summed E-state index contributed by atoms with van der Waals surface area (Å²) in [6.07, 6.45) is 0.633. The van der Waals surface area contributed by atoms with Gasteiger partial charge < -0.3 is 10.2 Å². The first-order valence-corrected chi connectivity index (χ1v) is 17.1. The van der Waals surface area contributed by atoms with Crippen molar-refractivity contribution in [2.75, 3.05) is 17.1 Å². The quantitative estimate of drug-likeness (QED) is 0.239. The van der Waals surface area contributed by atoms with Crippen LogP contribution in [0.3, 0.4) is 0 Å². The molecule has 0 aromatic heterocycles. The van der Waals surface area contributed by atoms with Crippen LogP contribution in [0.25, 0.3) is 0 Å². The second kappa shape index (κ2) is 14.9. The van der Waals surface area contributed by atoms with Gasteiger partial charge in [-0.05, 0) is 48.2 Å². The van der Waals surface area contributed by atoms with Crippen LogP contribution in [-0.4, -0.2) is 50.0 Å². The lowest BCUT2D eigenvalue weighted by Gasteiger charge is -2.35. The monoisotopic (exact) mass is 683 g/mol. The highest BCUT2D eigenvalue weighted by Crippen LogP contribution is 2.36. The van der Waals surface area contributed by atoms with Crippen LogP contribution in [-0.2, 0) is 38.8 Å². The van der Waals surface area contributed by atoms with Crippen LogP contribution in [0.2, 0.25) is 10.0 Å². The molecular weight excluding hydrogens is 650 g/mol. The van der Waals surface area contributed by atoms with E-state index in [1.54, 1.807) is 36.4 Å². The topological polar surface area (TPSA) is 86.8 Å². The minimum Gasteiger partial charge on any atom is -0.352 e. The third-order valence-electron chi connectivity index (χ3n) is 7.74. The lowest BCUT2D eigenvalue weighted by Crippen LogP contribution is -2.55. The summed E-state index contributed by atoms with van der Waals surface area (Å²) in [4.78, 5) is 29.5. The Balaban J connectivity index is 1.77. The first-order valence-electron chi connectivity index (χ1n) is 14.5. The van der Waals surface area contributed by atoms with Crippen LogP contribution in [0.5, 0.6) is 0 Å². The standard InChI is InChI=1S/C32H34Cl2F3N3O4S/c1-45(43,44)40(28-19-24(32(35,36)37)16-17-27(28)34)21-30(41)39(20-23-12-8-9-15-26(23)33)29(18-22-10-4-2-5-11-22)31(42)38-25-13-6-3-7-14-25/h2,4-5,8-12,15-17,19,25,29H,3,6-7,13-14,18,20-21H2,1H3,(H,38,42)/t29-/m0/s1. The molecule has 0 spiro atoms. The molecule has 7 nitrogen and oxygen atoms in total. The van der Waals surface area contributed by atoms with E-state index in [4.69, 9.17) is 23.2 Å². The van der Waals surface area contributed by atoms with E-state index in [1.165, 1.54) is 4.90 Å². The molecule has 0 radical (unpaired) electrons. The number of nitrogens with zero attached hydrogens (tertiary/aromatic N) is 2. The summed E-state index contributed by atoms with van der Waals surface area (Å²) in [6, 6.07) is 16.8. The Kier molecular flexibility index (Phi) is 11.4. The second-order valence-corrected chi connectivity index (χ2v) is 13.8. The Morgan fingerprint density at radius 2 is 1.58 bits per heavy atom.